The van der Waals surface area contributed by atoms with E-state index in [2.05, 4.69) is 20.5 Å². The summed E-state index contributed by atoms with van der Waals surface area (Å²) in [5.74, 6) is -0.798. The molecule has 0 amide bonds. The van der Waals surface area contributed by atoms with E-state index in [0.717, 1.165) is 0 Å². The molecular weight excluding hydrogens is 285 g/mol. The molecule has 0 saturated heterocycles. The van der Waals surface area contributed by atoms with Gasteiger partial charge >= 0.3 is 5.97 Å². The number of aromatic nitrogens is 1. The van der Waals surface area contributed by atoms with E-state index in [4.69, 9.17) is 16.7 Å². The van der Waals surface area contributed by atoms with E-state index in [0.29, 0.717) is 5.58 Å². The molecule has 0 aliphatic heterocycles. The van der Waals surface area contributed by atoms with Gasteiger partial charge in [0.2, 0.25) is 0 Å². The van der Waals surface area contributed by atoms with Gasteiger partial charge in [-0.3, -0.25) is 0 Å². The Bertz CT molecular complexity index is 658. The van der Waals surface area contributed by atoms with Crippen molar-refractivity contribution in [2.45, 2.75) is 13.0 Å². The number of benzene rings is 1. The van der Waals surface area contributed by atoms with Crippen LogP contribution in [-0.4, -0.2) is 29.4 Å². The zero-order valence-electron chi connectivity index (χ0n) is 10.8. The second kappa shape index (κ2) is 5.83. The fourth-order valence-corrected chi connectivity index (χ4v) is 1.89. The van der Waals surface area contributed by atoms with Crippen LogP contribution in [0.3, 0.4) is 0 Å². The van der Waals surface area contributed by atoms with Crippen LogP contribution in [0.1, 0.15) is 6.92 Å². The molecule has 1 unspecified atom stereocenters. The molecule has 0 radical (unpaired) electrons. The lowest BCUT2D eigenvalue weighted by molar-refractivity contribution is -0.142. The molecule has 106 valence electrons. The summed E-state index contributed by atoms with van der Waals surface area (Å²) in [7, 11) is 1.28. The monoisotopic (exact) mass is 297 g/mol. The Kier molecular flexibility index (Phi) is 4.14. The lowest BCUT2D eigenvalue weighted by Crippen LogP contribution is -2.41. The van der Waals surface area contributed by atoms with E-state index in [-0.39, 0.29) is 16.3 Å². The van der Waals surface area contributed by atoms with Crippen LogP contribution in [0.5, 0.6) is 0 Å². The van der Waals surface area contributed by atoms with Gasteiger partial charge in [0, 0.05) is 0 Å². The number of rotatable bonds is 3. The first kappa shape index (κ1) is 14.2. The number of esters is 1. The minimum Gasteiger partial charge on any atom is -0.467 e. The third-order valence-corrected chi connectivity index (χ3v) is 2.80. The van der Waals surface area contributed by atoms with Crippen molar-refractivity contribution in [1.82, 2.24) is 10.5 Å². The van der Waals surface area contributed by atoms with Crippen LogP contribution in [0, 0.1) is 5.82 Å². The van der Waals surface area contributed by atoms with Gasteiger partial charge < -0.3 is 19.9 Å². The second-order valence-electron chi connectivity index (χ2n) is 3.99. The SMILES string of the molecule is COC(=O)C(C)NC(=S)Nc1noc2cccc(F)c12. The number of hydrogen-bond acceptors (Lipinski definition) is 5. The third kappa shape index (κ3) is 2.85. The minimum absolute atomic E-state index is 0.112. The second-order valence-corrected chi connectivity index (χ2v) is 4.40. The Morgan fingerprint density at radius 1 is 1.55 bits per heavy atom. The molecule has 1 aromatic heterocycles. The molecule has 0 spiro atoms. The van der Waals surface area contributed by atoms with Gasteiger partial charge in [-0.05, 0) is 31.3 Å². The van der Waals surface area contributed by atoms with Crippen LogP contribution in [0.4, 0.5) is 10.2 Å². The maximum atomic E-state index is 13.7. The number of anilines is 1. The largest absolute Gasteiger partial charge is 0.467 e. The maximum Gasteiger partial charge on any atom is 0.328 e. The van der Waals surface area contributed by atoms with Crippen LogP contribution >= 0.6 is 12.2 Å². The number of carbonyl (C=O) groups is 1. The standard InChI is InChI=1S/C12H12FN3O3S/c1-6(11(17)18-2)14-12(20)15-10-9-7(13)4-3-5-8(9)19-16-10/h3-6H,1-2H3,(H2,14,15,16,20). The molecule has 20 heavy (non-hydrogen) atoms. The summed E-state index contributed by atoms with van der Waals surface area (Å²) < 4.78 is 23.2. The van der Waals surface area contributed by atoms with Gasteiger partial charge in [-0.25, -0.2) is 9.18 Å². The minimum atomic E-state index is -0.636. The normalized spacial score (nSPS) is 11.9. The maximum absolute atomic E-state index is 13.7. The highest BCUT2D eigenvalue weighted by atomic mass is 32.1. The van der Waals surface area contributed by atoms with Crippen LogP contribution < -0.4 is 10.6 Å². The highest BCUT2D eigenvalue weighted by Crippen LogP contribution is 2.25. The summed E-state index contributed by atoms with van der Waals surface area (Å²) >= 11 is 5.02. The average molecular weight is 297 g/mol. The molecule has 2 aromatic rings. The fraction of sp³-hybridized carbons (Fsp3) is 0.250. The van der Waals surface area contributed by atoms with Crippen LogP contribution in [0.2, 0.25) is 0 Å². The molecule has 0 aliphatic carbocycles. The lowest BCUT2D eigenvalue weighted by atomic mass is 10.2. The van der Waals surface area contributed by atoms with Crippen molar-refractivity contribution in [3.8, 4) is 0 Å². The molecule has 1 atom stereocenters. The molecule has 0 fully saturated rings. The van der Waals surface area contributed by atoms with Crippen LogP contribution in [-0.2, 0) is 9.53 Å². The highest BCUT2D eigenvalue weighted by Gasteiger charge is 2.17. The lowest BCUT2D eigenvalue weighted by Gasteiger charge is -2.13. The predicted molar refractivity (Wildman–Crippen MR) is 74.8 cm³/mol. The summed E-state index contributed by atoms with van der Waals surface area (Å²) in [5, 5.41) is 9.39. The number of hydrogen-bond donors (Lipinski definition) is 2. The number of nitrogens with zero attached hydrogens (tertiary/aromatic N) is 1. The zero-order chi connectivity index (χ0) is 14.7. The summed E-state index contributed by atoms with van der Waals surface area (Å²) in [6.45, 7) is 1.58. The molecule has 8 heteroatoms. The quantitative estimate of drug-likeness (QED) is 0.661. The number of methoxy groups -OCH3 is 1. The molecule has 2 N–H and O–H groups in total. The van der Waals surface area contributed by atoms with Gasteiger partial charge in [0.1, 0.15) is 17.2 Å². The highest BCUT2D eigenvalue weighted by molar-refractivity contribution is 7.80. The third-order valence-electron chi connectivity index (χ3n) is 2.58. The van der Waals surface area contributed by atoms with Crippen LogP contribution in [0.15, 0.2) is 22.7 Å². The predicted octanol–water partition coefficient (Wildman–Crippen LogP) is 1.81. The van der Waals surface area contributed by atoms with E-state index in [9.17, 15) is 9.18 Å². The number of thiocarbonyl (C=S) groups is 1. The topological polar surface area (TPSA) is 76.4 Å². The number of halogens is 1. The summed E-state index contributed by atoms with van der Waals surface area (Å²) in [6, 6.07) is 3.76. The van der Waals surface area contributed by atoms with Gasteiger partial charge in [-0.1, -0.05) is 11.2 Å². The number of ether oxygens (including phenoxy) is 1. The van der Waals surface area contributed by atoms with Gasteiger partial charge in [-0.2, -0.15) is 0 Å². The van der Waals surface area contributed by atoms with E-state index >= 15 is 0 Å². The Labute approximate surface area is 119 Å². The van der Waals surface area contributed by atoms with Crippen molar-refractivity contribution >= 4 is 40.1 Å². The molecule has 0 saturated carbocycles. The van der Waals surface area contributed by atoms with Crippen molar-refractivity contribution in [2.75, 3.05) is 12.4 Å². The first-order valence-electron chi connectivity index (χ1n) is 5.72. The van der Waals surface area contributed by atoms with Crippen molar-refractivity contribution in [3.05, 3.63) is 24.0 Å². The van der Waals surface area contributed by atoms with Crippen molar-refractivity contribution < 1.29 is 18.4 Å². The van der Waals surface area contributed by atoms with E-state index in [1.165, 1.54) is 19.2 Å². The van der Waals surface area contributed by atoms with E-state index < -0.39 is 17.8 Å². The van der Waals surface area contributed by atoms with Crippen LogP contribution in [0.25, 0.3) is 11.0 Å². The van der Waals surface area contributed by atoms with Gasteiger partial charge in [0.15, 0.2) is 16.5 Å². The molecule has 1 aromatic carbocycles. The number of nitrogens with one attached hydrogen (secondary N) is 2. The smallest absolute Gasteiger partial charge is 0.328 e. The van der Waals surface area contributed by atoms with Gasteiger partial charge in [0.05, 0.1) is 7.11 Å². The molecular formula is C12H12FN3O3S. The fourth-order valence-electron chi connectivity index (χ4n) is 1.61. The molecule has 0 aliphatic rings. The number of carbonyl (C=O) groups excluding carboxylic acids is 1. The first-order chi connectivity index (χ1) is 9.52. The zero-order valence-corrected chi connectivity index (χ0v) is 11.6. The average Bonchev–Trinajstić information content (AvgIpc) is 2.82. The molecule has 2 rings (SSSR count). The summed E-state index contributed by atoms with van der Waals surface area (Å²) in [6.07, 6.45) is 0. The van der Waals surface area contributed by atoms with Crippen molar-refractivity contribution in [1.29, 1.82) is 0 Å². The van der Waals surface area contributed by atoms with Crippen molar-refractivity contribution in [2.24, 2.45) is 0 Å². The summed E-state index contributed by atoms with van der Waals surface area (Å²) in [5.41, 5.74) is 0.302. The molecule has 0 bridgehead atoms. The van der Waals surface area contributed by atoms with E-state index in [1.54, 1.807) is 13.0 Å². The van der Waals surface area contributed by atoms with Crippen molar-refractivity contribution in [3.63, 3.8) is 0 Å². The Morgan fingerprint density at radius 2 is 2.30 bits per heavy atom. The number of fused-ring (bicyclic) bond motifs is 1. The molecule has 1 heterocycles. The van der Waals surface area contributed by atoms with Gasteiger partial charge in [-0.15, -0.1) is 0 Å². The Morgan fingerprint density at radius 3 is 3.00 bits per heavy atom. The Hall–Kier alpha value is -2.22. The summed E-state index contributed by atoms with van der Waals surface area (Å²) in [4.78, 5) is 11.2. The van der Waals surface area contributed by atoms with Gasteiger partial charge in [0.25, 0.3) is 0 Å². The van der Waals surface area contributed by atoms with E-state index in [1.807, 2.05) is 0 Å². The Balaban J connectivity index is 2.13. The first-order valence-corrected chi connectivity index (χ1v) is 6.13. The molecule has 6 nitrogen and oxygen atoms in total.